The number of nitrogens with one attached hydrogen (secondary N) is 1. The number of carbonyl (C=O) groups is 1. The number of rotatable bonds is 6. The number of alkyl halides is 3. The molecule has 0 saturated heterocycles. The van der Waals surface area contributed by atoms with Gasteiger partial charge in [0.25, 0.3) is 5.91 Å². The second kappa shape index (κ2) is 9.88. The van der Waals surface area contributed by atoms with E-state index < -0.39 is 23.0 Å². The standard InChI is InChI=1S/C23H16ClF3N4O3S/c24-18-4-2-1-3-17(18)21(33)29-19-11-28-10-9-14(19)12-30-13-20(32)31(22(30)34)15-5-7-16(8-6-15)35-23(25,26)27/h1-11,13,32H,12H2,(H,29,33). The second-order valence-corrected chi connectivity index (χ2v) is 8.79. The molecule has 7 nitrogen and oxygen atoms in total. The Morgan fingerprint density at radius 2 is 1.83 bits per heavy atom. The number of amides is 1. The predicted octanol–water partition coefficient (Wildman–Crippen LogP) is 5.31. The molecule has 180 valence electrons. The molecule has 2 aromatic carbocycles. The number of aromatic nitrogens is 3. The molecule has 0 aliphatic rings. The SMILES string of the molecule is O=C(Nc1cnccc1Cn1cc(O)n(-c2ccc(SC(F)(F)F)cc2)c1=O)c1ccccc1Cl. The molecule has 0 aliphatic heterocycles. The van der Waals surface area contributed by atoms with Crippen molar-refractivity contribution in [3.05, 3.63) is 99.8 Å². The maximum absolute atomic E-state index is 13.0. The molecule has 0 aliphatic carbocycles. The largest absolute Gasteiger partial charge is 0.493 e. The number of carbonyl (C=O) groups excluding carboxylic acids is 1. The van der Waals surface area contributed by atoms with Gasteiger partial charge in [-0.25, -0.2) is 9.36 Å². The van der Waals surface area contributed by atoms with Crippen LogP contribution in [-0.2, 0) is 6.54 Å². The lowest BCUT2D eigenvalue weighted by atomic mass is 10.2. The van der Waals surface area contributed by atoms with Crippen molar-refractivity contribution in [1.82, 2.24) is 14.1 Å². The minimum atomic E-state index is -4.44. The molecule has 2 N–H and O–H groups in total. The van der Waals surface area contributed by atoms with Crippen LogP contribution in [0, 0.1) is 0 Å². The van der Waals surface area contributed by atoms with E-state index in [-0.39, 0.29) is 39.5 Å². The average Bonchev–Trinajstić information content (AvgIpc) is 3.07. The van der Waals surface area contributed by atoms with Crippen LogP contribution in [0.4, 0.5) is 18.9 Å². The Labute approximate surface area is 205 Å². The monoisotopic (exact) mass is 520 g/mol. The number of thioether (sulfide) groups is 1. The highest BCUT2D eigenvalue weighted by atomic mass is 35.5. The summed E-state index contributed by atoms with van der Waals surface area (Å²) in [4.78, 5) is 29.6. The van der Waals surface area contributed by atoms with Crippen molar-refractivity contribution >= 4 is 35.0 Å². The van der Waals surface area contributed by atoms with Gasteiger partial charge in [0.15, 0.2) is 0 Å². The van der Waals surface area contributed by atoms with Crippen molar-refractivity contribution in [1.29, 1.82) is 0 Å². The van der Waals surface area contributed by atoms with Crippen LogP contribution in [0.5, 0.6) is 5.88 Å². The fourth-order valence-electron chi connectivity index (χ4n) is 3.32. The summed E-state index contributed by atoms with van der Waals surface area (Å²) in [6, 6.07) is 13.2. The van der Waals surface area contributed by atoms with Gasteiger partial charge in [-0.15, -0.1) is 0 Å². The van der Waals surface area contributed by atoms with E-state index in [0.717, 1.165) is 4.57 Å². The number of pyridine rings is 1. The number of hydrogen-bond acceptors (Lipinski definition) is 5. The van der Waals surface area contributed by atoms with E-state index in [0.29, 0.717) is 11.3 Å². The third kappa shape index (κ3) is 5.69. The van der Waals surface area contributed by atoms with Crippen LogP contribution in [0.25, 0.3) is 5.69 Å². The van der Waals surface area contributed by atoms with Crippen molar-refractivity contribution in [3.63, 3.8) is 0 Å². The van der Waals surface area contributed by atoms with Gasteiger partial charge in [0, 0.05) is 11.1 Å². The number of hydrogen-bond donors (Lipinski definition) is 2. The zero-order valence-electron chi connectivity index (χ0n) is 17.7. The van der Waals surface area contributed by atoms with E-state index in [1.54, 1.807) is 30.3 Å². The number of imidazole rings is 1. The van der Waals surface area contributed by atoms with E-state index in [4.69, 9.17) is 11.6 Å². The first kappa shape index (κ1) is 24.4. The third-order valence-corrected chi connectivity index (χ3v) is 5.95. The summed E-state index contributed by atoms with van der Waals surface area (Å²) in [6.07, 6.45) is 4.10. The van der Waals surface area contributed by atoms with Crippen molar-refractivity contribution < 1.29 is 23.1 Å². The van der Waals surface area contributed by atoms with Crippen molar-refractivity contribution in [3.8, 4) is 11.6 Å². The van der Waals surface area contributed by atoms with Crippen LogP contribution in [0.15, 0.2) is 82.9 Å². The molecule has 2 heterocycles. The smallest absolute Gasteiger partial charge is 0.446 e. The highest BCUT2D eigenvalue weighted by Crippen LogP contribution is 2.37. The van der Waals surface area contributed by atoms with E-state index >= 15 is 0 Å². The molecule has 1 amide bonds. The van der Waals surface area contributed by atoms with E-state index in [1.165, 1.54) is 47.4 Å². The quantitative estimate of drug-likeness (QED) is 0.337. The second-order valence-electron chi connectivity index (χ2n) is 7.24. The van der Waals surface area contributed by atoms with Gasteiger partial charge in [0.05, 0.1) is 40.9 Å². The third-order valence-electron chi connectivity index (χ3n) is 4.88. The molecule has 12 heteroatoms. The molecule has 0 unspecified atom stereocenters. The number of nitrogens with zero attached hydrogens (tertiary/aromatic N) is 3. The first-order valence-electron chi connectivity index (χ1n) is 9.98. The van der Waals surface area contributed by atoms with Crippen molar-refractivity contribution in [2.75, 3.05) is 5.32 Å². The first-order valence-corrected chi connectivity index (χ1v) is 11.2. The van der Waals surface area contributed by atoms with E-state index in [1.807, 2.05) is 0 Å². The Kier molecular flexibility index (Phi) is 6.90. The van der Waals surface area contributed by atoms with Crippen LogP contribution in [-0.4, -0.2) is 30.6 Å². The minimum Gasteiger partial charge on any atom is -0.493 e. The van der Waals surface area contributed by atoms with Crippen molar-refractivity contribution in [2.45, 2.75) is 16.9 Å². The van der Waals surface area contributed by atoms with Crippen LogP contribution in [0.2, 0.25) is 5.02 Å². The Hall–Kier alpha value is -3.70. The summed E-state index contributed by atoms with van der Waals surface area (Å²) in [7, 11) is 0. The molecule has 0 spiro atoms. The molecular weight excluding hydrogens is 505 g/mol. The summed E-state index contributed by atoms with van der Waals surface area (Å²) in [6.45, 7) is -0.0257. The molecule has 4 rings (SSSR count). The van der Waals surface area contributed by atoms with Gasteiger partial charge in [0.2, 0.25) is 5.88 Å². The normalized spacial score (nSPS) is 11.4. The van der Waals surface area contributed by atoms with Gasteiger partial charge in [0.1, 0.15) is 0 Å². The van der Waals surface area contributed by atoms with Gasteiger partial charge >= 0.3 is 11.2 Å². The topological polar surface area (TPSA) is 89.2 Å². The summed E-state index contributed by atoms with van der Waals surface area (Å²) in [5, 5.41) is 13.3. The highest BCUT2D eigenvalue weighted by molar-refractivity contribution is 8.00. The highest BCUT2D eigenvalue weighted by Gasteiger charge is 2.29. The zero-order chi connectivity index (χ0) is 25.2. The predicted molar refractivity (Wildman–Crippen MR) is 126 cm³/mol. The van der Waals surface area contributed by atoms with Crippen LogP contribution >= 0.6 is 23.4 Å². The lowest BCUT2D eigenvalue weighted by Crippen LogP contribution is -2.24. The molecule has 0 bridgehead atoms. The minimum absolute atomic E-state index is 0.0257. The molecule has 2 aromatic heterocycles. The number of benzene rings is 2. The van der Waals surface area contributed by atoms with Gasteiger partial charge in [-0.3, -0.25) is 14.3 Å². The van der Waals surface area contributed by atoms with Gasteiger partial charge < -0.3 is 10.4 Å². The van der Waals surface area contributed by atoms with Crippen molar-refractivity contribution in [2.24, 2.45) is 0 Å². The molecule has 0 saturated carbocycles. The molecule has 0 radical (unpaired) electrons. The first-order chi connectivity index (χ1) is 16.6. The molecule has 0 fully saturated rings. The maximum Gasteiger partial charge on any atom is 0.446 e. The summed E-state index contributed by atoms with van der Waals surface area (Å²) in [5.74, 6) is -0.864. The van der Waals surface area contributed by atoms with Crippen LogP contribution < -0.4 is 11.0 Å². The lowest BCUT2D eigenvalue weighted by Gasteiger charge is -2.11. The lowest BCUT2D eigenvalue weighted by molar-refractivity contribution is -0.0328. The fourth-order valence-corrected chi connectivity index (χ4v) is 4.08. The fraction of sp³-hybridized carbons (Fsp3) is 0.0870. The number of aromatic hydroxyl groups is 1. The maximum atomic E-state index is 13.0. The Bertz CT molecular complexity index is 1440. The summed E-state index contributed by atoms with van der Waals surface area (Å²) in [5.41, 5.74) is -3.75. The van der Waals surface area contributed by atoms with E-state index in [9.17, 15) is 27.9 Å². The van der Waals surface area contributed by atoms with Gasteiger partial charge in [-0.05, 0) is 59.8 Å². The van der Waals surface area contributed by atoms with Gasteiger partial charge in [-0.1, -0.05) is 23.7 Å². The zero-order valence-corrected chi connectivity index (χ0v) is 19.2. The molecular formula is C23H16ClF3N4O3S. The molecule has 0 atom stereocenters. The van der Waals surface area contributed by atoms with Gasteiger partial charge in [-0.2, -0.15) is 13.2 Å². The molecule has 35 heavy (non-hydrogen) atoms. The molecule has 4 aromatic rings. The summed E-state index contributed by atoms with van der Waals surface area (Å²) < 4.78 is 39.8. The van der Waals surface area contributed by atoms with E-state index in [2.05, 4.69) is 10.3 Å². The Balaban J connectivity index is 1.59. The number of anilines is 1. The Morgan fingerprint density at radius 1 is 1.11 bits per heavy atom. The Morgan fingerprint density at radius 3 is 2.51 bits per heavy atom. The summed E-state index contributed by atoms with van der Waals surface area (Å²) >= 11 is 5.81. The van der Waals surface area contributed by atoms with Crippen LogP contribution in [0.1, 0.15) is 15.9 Å². The van der Waals surface area contributed by atoms with Crippen LogP contribution in [0.3, 0.4) is 0 Å². The number of halogens is 4. The average molecular weight is 521 g/mol.